The van der Waals surface area contributed by atoms with Gasteiger partial charge in [-0.3, -0.25) is 0 Å². The van der Waals surface area contributed by atoms with E-state index >= 15 is 0 Å². The van der Waals surface area contributed by atoms with E-state index in [2.05, 4.69) is 6.92 Å². The van der Waals surface area contributed by atoms with E-state index in [-0.39, 0.29) is 0 Å². The van der Waals surface area contributed by atoms with Crippen LogP contribution in [-0.4, -0.2) is 19.1 Å². The highest BCUT2D eigenvalue weighted by atomic mass is 35.5. The Kier molecular flexibility index (Phi) is 4.38. The van der Waals surface area contributed by atoms with Crippen molar-refractivity contribution >= 4 is 11.6 Å². The van der Waals surface area contributed by atoms with Crippen LogP contribution in [0.4, 0.5) is 0 Å². The molecule has 0 N–H and O–H groups in total. The number of hydrogen-bond donors (Lipinski definition) is 0. The van der Waals surface area contributed by atoms with Gasteiger partial charge in [-0.15, -0.1) is 11.6 Å². The summed E-state index contributed by atoms with van der Waals surface area (Å²) >= 11 is 5.84. The smallest absolute Gasteiger partial charge is 0.0574 e. The molecule has 1 aliphatic rings. The Labute approximate surface area is 80.4 Å². The molecule has 0 heterocycles. The molecule has 0 aromatic carbocycles. The van der Waals surface area contributed by atoms with E-state index < -0.39 is 0 Å². The van der Waals surface area contributed by atoms with Crippen molar-refractivity contribution in [3.63, 3.8) is 0 Å². The lowest BCUT2D eigenvalue weighted by atomic mass is 9.80. The molecule has 0 amide bonds. The van der Waals surface area contributed by atoms with Gasteiger partial charge in [0.1, 0.15) is 0 Å². The maximum atomic E-state index is 5.84. The highest BCUT2D eigenvalue weighted by Crippen LogP contribution is 2.31. The lowest BCUT2D eigenvalue weighted by Gasteiger charge is -2.31. The van der Waals surface area contributed by atoms with Gasteiger partial charge in [0.05, 0.1) is 6.10 Å². The summed E-state index contributed by atoms with van der Waals surface area (Å²) < 4.78 is 5.37. The van der Waals surface area contributed by atoms with Crippen molar-refractivity contribution in [1.82, 2.24) is 0 Å². The largest absolute Gasteiger partial charge is 0.381 e. The fourth-order valence-electron chi connectivity index (χ4n) is 2.04. The molecular formula is C10H19ClO. The molecule has 12 heavy (non-hydrogen) atoms. The quantitative estimate of drug-likeness (QED) is 0.622. The molecule has 1 fully saturated rings. The first-order valence-electron chi connectivity index (χ1n) is 4.86. The van der Waals surface area contributed by atoms with E-state index in [1.54, 1.807) is 0 Å². The van der Waals surface area contributed by atoms with Crippen LogP contribution in [0.1, 0.15) is 32.6 Å². The Balaban J connectivity index is 2.34. The van der Waals surface area contributed by atoms with Crippen LogP contribution >= 0.6 is 11.6 Å². The molecule has 1 rings (SSSR count). The summed E-state index contributed by atoms with van der Waals surface area (Å²) in [5.41, 5.74) is 0. The number of halogens is 1. The van der Waals surface area contributed by atoms with Gasteiger partial charge in [-0.05, 0) is 31.1 Å². The lowest BCUT2D eigenvalue weighted by molar-refractivity contribution is 0.0412. The summed E-state index contributed by atoms with van der Waals surface area (Å²) in [7, 11) is 1.82. The van der Waals surface area contributed by atoms with Crippen molar-refractivity contribution in [3.8, 4) is 0 Å². The third-order valence-corrected chi connectivity index (χ3v) is 3.53. The normalized spacial score (nSPS) is 33.2. The maximum Gasteiger partial charge on any atom is 0.0574 e. The highest BCUT2D eigenvalue weighted by Gasteiger charge is 2.25. The zero-order valence-corrected chi connectivity index (χ0v) is 8.81. The van der Waals surface area contributed by atoms with E-state index in [1.807, 2.05) is 7.11 Å². The molecule has 0 bridgehead atoms. The minimum atomic E-state index is 0.495. The van der Waals surface area contributed by atoms with E-state index in [4.69, 9.17) is 16.3 Å². The van der Waals surface area contributed by atoms with Crippen LogP contribution < -0.4 is 0 Å². The monoisotopic (exact) mass is 190 g/mol. The third-order valence-electron chi connectivity index (χ3n) is 3.05. The van der Waals surface area contributed by atoms with E-state index in [0.717, 1.165) is 11.8 Å². The van der Waals surface area contributed by atoms with Gasteiger partial charge >= 0.3 is 0 Å². The topological polar surface area (TPSA) is 9.23 Å². The summed E-state index contributed by atoms with van der Waals surface area (Å²) in [6, 6.07) is 0. The average Bonchev–Trinajstić information content (AvgIpc) is 2.17. The molecule has 1 saturated carbocycles. The molecule has 0 radical (unpaired) electrons. The van der Waals surface area contributed by atoms with Crippen molar-refractivity contribution in [2.75, 3.05) is 13.0 Å². The van der Waals surface area contributed by atoms with Crippen LogP contribution in [0.2, 0.25) is 0 Å². The summed E-state index contributed by atoms with van der Waals surface area (Å²) in [6.45, 7) is 2.25. The first-order chi connectivity index (χ1) is 5.77. The molecule has 0 aliphatic heterocycles. The predicted octanol–water partition coefficient (Wildman–Crippen LogP) is 3.07. The molecule has 72 valence electrons. The first kappa shape index (κ1) is 10.3. The van der Waals surface area contributed by atoms with Gasteiger partial charge in [0.25, 0.3) is 0 Å². The molecule has 1 aliphatic carbocycles. The van der Waals surface area contributed by atoms with Crippen molar-refractivity contribution in [3.05, 3.63) is 0 Å². The fourth-order valence-corrected chi connectivity index (χ4v) is 2.29. The van der Waals surface area contributed by atoms with Gasteiger partial charge < -0.3 is 4.74 Å². The molecule has 0 spiro atoms. The second kappa shape index (κ2) is 5.08. The summed E-state index contributed by atoms with van der Waals surface area (Å²) in [6.07, 6.45) is 5.60. The van der Waals surface area contributed by atoms with Crippen LogP contribution in [0, 0.1) is 11.8 Å². The minimum Gasteiger partial charge on any atom is -0.381 e. The van der Waals surface area contributed by atoms with Crippen LogP contribution in [0.25, 0.3) is 0 Å². The number of ether oxygens (including phenoxy) is 1. The molecular weight excluding hydrogens is 172 g/mol. The van der Waals surface area contributed by atoms with E-state index in [9.17, 15) is 0 Å². The van der Waals surface area contributed by atoms with Gasteiger partial charge in [-0.25, -0.2) is 0 Å². The SMILES string of the molecule is COC1CCCC(C(C)CCl)C1. The molecule has 3 atom stereocenters. The molecule has 0 saturated heterocycles. The Morgan fingerprint density at radius 1 is 1.50 bits per heavy atom. The van der Waals surface area contributed by atoms with Gasteiger partial charge in [-0.2, -0.15) is 0 Å². The standard InChI is InChI=1S/C10H19ClO/c1-8(7-11)9-4-3-5-10(6-9)12-2/h8-10H,3-7H2,1-2H3. The lowest BCUT2D eigenvalue weighted by Crippen LogP contribution is -2.26. The fraction of sp³-hybridized carbons (Fsp3) is 1.00. The third kappa shape index (κ3) is 2.63. The van der Waals surface area contributed by atoms with Gasteiger partial charge in [0.15, 0.2) is 0 Å². The van der Waals surface area contributed by atoms with Crippen LogP contribution in [-0.2, 0) is 4.74 Å². The number of methoxy groups -OCH3 is 1. The van der Waals surface area contributed by atoms with Crippen molar-refractivity contribution < 1.29 is 4.74 Å². The minimum absolute atomic E-state index is 0.495. The van der Waals surface area contributed by atoms with Crippen molar-refractivity contribution in [1.29, 1.82) is 0 Å². The summed E-state index contributed by atoms with van der Waals surface area (Å²) in [4.78, 5) is 0. The van der Waals surface area contributed by atoms with Crippen LogP contribution in [0.5, 0.6) is 0 Å². The Morgan fingerprint density at radius 3 is 2.83 bits per heavy atom. The Morgan fingerprint density at radius 2 is 2.25 bits per heavy atom. The zero-order valence-electron chi connectivity index (χ0n) is 8.05. The second-order valence-corrected chi connectivity index (χ2v) is 4.22. The average molecular weight is 191 g/mol. The molecule has 0 aromatic rings. The number of rotatable bonds is 3. The molecule has 2 heteroatoms. The van der Waals surface area contributed by atoms with Gasteiger partial charge in [-0.1, -0.05) is 13.3 Å². The first-order valence-corrected chi connectivity index (χ1v) is 5.40. The van der Waals surface area contributed by atoms with E-state index in [0.29, 0.717) is 12.0 Å². The summed E-state index contributed by atoms with van der Waals surface area (Å²) in [5.74, 6) is 2.24. The molecule has 0 aromatic heterocycles. The van der Waals surface area contributed by atoms with Crippen LogP contribution in [0.15, 0.2) is 0 Å². The number of alkyl halides is 1. The maximum absolute atomic E-state index is 5.84. The zero-order chi connectivity index (χ0) is 8.97. The van der Waals surface area contributed by atoms with Gasteiger partial charge in [0.2, 0.25) is 0 Å². The van der Waals surface area contributed by atoms with Gasteiger partial charge in [0, 0.05) is 13.0 Å². The Hall–Kier alpha value is 0.250. The van der Waals surface area contributed by atoms with Crippen molar-refractivity contribution in [2.45, 2.75) is 38.7 Å². The van der Waals surface area contributed by atoms with Crippen LogP contribution in [0.3, 0.4) is 0 Å². The van der Waals surface area contributed by atoms with Crippen molar-refractivity contribution in [2.24, 2.45) is 11.8 Å². The predicted molar refractivity (Wildman–Crippen MR) is 52.6 cm³/mol. The second-order valence-electron chi connectivity index (χ2n) is 3.92. The highest BCUT2D eigenvalue weighted by molar-refractivity contribution is 6.18. The summed E-state index contributed by atoms with van der Waals surface area (Å²) in [5, 5.41) is 0. The van der Waals surface area contributed by atoms with E-state index in [1.165, 1.54) is 25.7 Å². The number of hydrogen-bond acceptors (Lipinski definition) is 1. The molecule has 3 unspecified atom stereocenters. The Bertz CT molecular complexity index is 125. The molecule has 1 nitrogen and oxygen atoms in total.